The van der Waals surface area contributed by atoms with E-state index in [2.05, 4.69) is 64.5 Å². The van der Waals surface area contributed by atoms with Gasteiger partial charge in [-0.2, -0.15) is 0 Å². The highest BCUT2D eigenvalue weighted by Crippen LogP contribution is 2.31. The van der Waals surface area contributed by atoms with Crippen LogP contribution in [-0.4, -0.2) is 16.4 Å². The van der Waals surface area contributed by atoms with Gasteiger partial charge < -0.3 is 4.74 Å². The molecule has 1 aliphatic heterocycles. The fourth-order valence-corrected chi connectivity index (χ4v) is 3.19. The molecule has 3 aromatic rings. The Kier molecular flexibility index (Phi) is 4.26. The molecule has 1 atom stereocenters. The zero-order valence-corrected chi connectivity index (χ0v) is 13.5. The van der Waals surface area contributed by atoms with Gasteiger partial charge in [-0.05, 0) is 29.3 Å². The average molecular weight is 316 g/mol. The lowest BCUT2D eigenvalue weighted by atomic mass is 10.1. The standard InChI is InChI=1S/C21H20N2O/c1-2-6-18(7-3-1)21-16-23(14-17-10-12-22-13-11-17)15-19-8-4-5-9-20(19)24-21/h1-13,21H,14-16H2. The summed E-state index contributed by atoms with van der Waals surface area (Å²) >= 11 is 0. The number of para-hydroxylation sites is 1. The van der Waals surface area contributed by atoms with Crippen molar-refractivity contribution in [1.82, 2.24) is 9.88 Å². The van der Waals surface area contributed by atoms with Gasteiger partial charge in [-0.1, -0.05) is 48.5 Å². The summed E-state index contributed by atoms with van der Waals surface area (Å²) in [6.07, 6.45) is 3.75. The maximum atomic E-state index is 6.36. The second-order valence-corrected chi connectivity index (χ2v) is 6.15. The highest BCUT2D eigenvalue weighted by atomic mass is 16.5. The van der Waals surface area contributed by atoms with Crippen molar-refractivity contribution in [1.29, 1.82) is 0 Å². The molecule has 24 heavy (non-hydrogen) atoms. The lowest BCUT2D eigenvalue weighted by molar-refractivity contribution is 0.144. The van der Waals surface area contributed by atoms with Gasteiger partial charge in [-0.3, -0.25) is 9.88 Å². The molecule has 4 rings (SSSR count). The van der Waals surface area contributed by atoms with E-state index in [-0.39, 0.29) is 6.10 Å². The van der Waals surface area contributed by atoms with Gasteiger partial charge in [0.15, 0.2) is 0 Å². The molecular formula is C21H20N2O. The van der Waals surface area contributed by atoms with E-state index in [1.807, 2.05) is 24.5 Å². The van der Waals surface area contributed by atoms with Crippen LogP contribution in [0.3, 0.4) is 0 Å². The van der Waals surface area contributed by atoms with Gasteiger partial charge in [0.05, 0.1) is 0 Å². The topological polar surface area (TPSA) is 25.4 Å². The van der Waals surface area contributed by atoms with Gasteiger partial charge in [0.1, 0.15) is 11.9 Å². The van der Waals surface area contributed by atoms with Gasteiger partial charge in [-0.25, -0.2) is 0 Å². The van der Waals surface area contributed by atoms with E-state index in [0.29, 0.717) is 0 Å². The maximum Gasteiger partial charge on any atom is 0.136 e. The summed E-state index contributed by atoms with van der Waals surface area (Å²) in [5, 5.41) is 0. The fraction of sp³-hybridized carbons (Fsp3) is 0.190. The summed E-state index contributed by atoms with van der Waals surface area (Å²) in [6, 6.07) is 23.0. The summed E-state index contributed by atoms with van der Waals surface area (Å²) in [4.78, 5) is 6.56. The van der Waals surface area contributed by atoms with Crippen LogP contribution in [0.5, 0.6) is 5.75 Å². The molecule has 0 saturated heterocycles. The normalized spacial score (nSPS) is 17.6. The number of aromatic nitrogens is 1. The third-order valence-corrected chi connectivity index (χ3v) is 4.39. The van der Waals surface area contributed by atoms with E-state index in [4.69, 9.17) is 4.74 Å². The van der Waals surface area contributed by atoms with Crippen molar-refractivity contribution in [3.63, 3.8) is 0 Å². The maximum absolute atomic E-state index is 6.36. The zero-order valence-electron chi connectivity index (χ0n) is 13.5. The minimum atomic E-state index is 0.0386. The van der Waals surface area contributed by atoms with Crippen LogP contribution >= 0.6 is 0 Å². The van der Waals surface area contributed by atoms with Crippen molar-refractivity contribution in [2.45, 2.75) is 19.2 Å². The molecule has 1 unspecified atom stereocenters. The predicted octanol–water partition coefficient (Wildman–Crippen LogP) is 4.22. The Balaban J connectivity index is 1.65. The third kappa shape index (κ3) is 3.31. The third-order valence-electron chi connectivity index (χ3n) is 4.39. The highest BCUT2D eigenvalue weighted by Gasteiger charge is 2.24. The molecule has 0 spiro atoms. The van der Waals surface area contributed by atoms with Crippen LogP contribution in [0, 0.1) is 0 Å². The molecule has 0 radical (unpaired) electrons. The van der Waals surface area contributed by atoms with Crippen molar-refractivity contribution in [2.75, 3.05) is 6.54 Å². The first kappa shape index (κ1) is 14.9. The molecule has 0 amide bonds. The number of ether oxygens (including phenoxy) is 1. The molecule has 2 aromatic carbocycles. The molecule has 3 nitrogen and oxygen atoms in total. The van der Waals surface area contributed by atoms with Gasteiger partial charge in [0, 0.05) is 37.6 Å². The van der Waals surface area contributed by atoms with Crippen molar-refractivity contribution in [3.8, 4) is 5.75 Å². The van der Waals surface area contributed by atoms with E-state index in [1.165, 1.54) is 16.7 Å². The molecule has 0 fully saturated rings. The molecule has 0 aliphatic carbocycles. The van der Waals surface area contributed by atoms with E-state index in [0.717, 1.165) is 25.4 Å². The van der Waals surface area contributed by atoms with Crippen LogP contribution in [0.25, 0.3) is 0 Å². The molecule has 0 bridgehead atoms. The summed E-state index contributed by atoms with van der Waals surface area (Å²) in [5.74, 6) is 0.989. The highest BCUT2D eigenvalue weighted by molar-refractivity contribution is 5.35. The van der Waals surface area contributed by atoms with Crippen LogP contribution in [0.1, 0.15) is 22.8 Å². The Bertz CT molecular complexity index is 789. The largest absolute Gasteiger partial charge is 0.484 e. The van der Waals surface area contributed by atoms with Crippen LogP contribution in [0.15, 0.2) is 79.1 Å². The monoisotopic (exact) mass is 316 g/mol. The molecule has 3 heteroatoms. The van der Waals surface area contributed by atoms with E-state index >= 15 is 0 Å². The molecule has 1 aromatic heterocycles. The van der Waals surface area contributed by atoms with Crippen LogP contribution in [-0.2, 0) is 13.1 Å². The first-order valence-electron chi connectivity index (χ1n) is 8.29. The Morgan fingerprint density at radius 2 is 1.67 bits per heavy atom. The molecular weight excluding hydrogens is 296 g/mol. The summed E-state index contributed by atoms with van der Waals surface area (Å²) in [6.45, 7) is 2.65. The van der Waals surface area contributed by atoms with Crippen LogP contribution in [0.2, 0.25) is 0 Å². The lowest BCUT2D eigenvalue weighted by Gasteiger charge is -2.24. The Morgan fingerprint density at radius 3 is 2.50 bits per heavy atom. The molecule has 120 valence electrons. The molecule has 1 aliphatic rings. The van der Waals surface area contributed by atoms with E-state index < -0.39 is 0 Å². The minimum absolute atomic E-state index is 0.0386. The molecule has 0 saturated carbocycles. The number of hydrogen-bond acceptors (Lipinski definition) is 3. The van der Waals surface area contributed by atoms with Crippen LogP contribution < -0.4 is 4.74 Å². The summed E-state index contributed by atoms with van der Waals surface area (Å²) < 4.78 is 6.36. The first-order chi connectivity index (χ1) is 11.9. The van der Waals surface area contributed by atoms with Crippen molar-refractivity contribution in [3.05, 3.63) is 95.8 Å². The Hall–Kier alpha value is -2.65. The summed E-state index contributed by atoms with van der Waals surface area (Å²) in [5.41, 5.74) is 3.73. The van der Waals surface area contributed by atoms with Crippen molar-refractivity contribution < 1.29 is 4.74 Å². The molecule has 2 heterocycles. The Morgan fingerprint density at radius 1 is 0.917 bits per heavy atom. The number of fused-ring (bicyclic) bond motifs is 1. The van der Waals surface area contributed by atoms with E-state index in [1.54, 1.807) is 0 Å². The number of benzene rings is 2. The van der Waals surface area contributed by atoms with Crippen molar-refractivity contribution in [2.24, 2.45) is 0 Å². The average Bonchev–Trinajstić information content (AvgIpc) is 2.82. The van der Waals surface area contributed by atoms with Crippen LogP contribution in [0.4, 0.5) is 0 Å². The SMILES string of the molecule is c1ccc(C2CN(Cc3ccncc3)Cc3ccccc3O2)cc1. The number of hydrogen-bond donors (Lipinski definition) is 0. The summed E-state index contributed by atoms with van der Waals surface area (Å²) in [7, 11) is 0. The van der Waals surface area contributed by atoms with E-state index in [9.17, 15) is 0 Å². The number of rotatable bonds is 3. The smallest absolute Gasteiger partial charge is 0.136 e. The van der Waals surface area contributed by atoms with Gasteiger partial charge >= 0.3 is 0 Å². The molecule has 0 N–H and O–H groups in total. The predicted molar refractivity (Wildman–Crippen MR) is 94.6 cm³/mol. The second-order valence-electron chi connectivity index (χ2n) is 6.15. The quantitative estimate of drug-likeness (QED) is 0.723. The van der Waals surface area contributed by atoms with Gasteiger partial charge in [-0.15, -0.1) is 0 Å². The fourth-order valence-electron chi connectivity index (χ4n) is 3.19. The van der Waals surface area contributed by atoms with Crippen molar-refractivity contribution >= 4 is 0 Å². The minimum Gasteiger partial charge on any atom is -0.484 e. The number of nitrogens with zero attached hydrogens (tertiary/aromatic N) is 2. The number of pyridine rings is 1. The first-order valence-corrected chi connectivity index (χ1v) is 8.29. The van der Waals surface area contributed by atoms with Gasteiger partial charge in [0.2, 0.25) is 0 Å². The zero-order chi connectivity index (χ0) is 16.2. The van der Waals surface area contributed by atoms with Gasteiger partial charge in [0.25, 0.3) is 0 Å². The lowest BCUT2D eigenvalue weighted by Crippen LogP contribution is -2.27. The second kappa shape index (κ2) is 6.85. The Labute approximate surface area is 142 Å².